The molecule has 0 fully saturated rings. The number of anilines is 1. The van der Waals surface area contributed by atoms with E-state index in [1.165, 1.54) is 0 Å². The lowest BCUT2D eigenvalue weighted by Crippen LogP contribution is -2.06. The van der Waals surface area contributed by atoms with Crippen molar-refractivity contribution in [3.05, 3.63) is 72.3 Å². The van der Waals surface area contributed by atoms with Gasteiger partial charge in [0.05, 0.1) is 16.8 Å². The first-order valence-corrected chi connectivity index (χ1v) is 10.5. The lowest BCUT2D eigenvalue weighted by molar-refractivity contribution is 0.313. The number of aromatic nitrogens is 1. The molecular weight excluding hydrogens is 398 g/mol. The number of nitrogens with one attached hydrogen (secondary N) is 1. The van der Waals surface area contributed by atoms with Gasteiger partial charge in [-0.2, -0.15) is 0 Å². The summed E-state index contributed by atoms with van der Waals surface area (Å²) in [5, 5.41) is 13.6. The average Bonchev–Trinajstić information content (AvgIpc) is 3.17. The maximum atomic E-state index is 9.38. The van der Waals surface area contributed by atoms with Crippen LogP contribution in [0.2, 0.25) is 0 Å². The highest BCUT2D eigenvalue weighted by molar-refractivity contribution is 7.22. The van der Waals surface area contributed by atoms with Crippen LogP contribution in [-0.2, 0) is 6.54 Å². The van der Waals surface area contributed by atoms with E-state index >= 15 is 0 Å². The Labute approximate surface area is 178 Å². The summed E-state index contributed by atoms with van der Waals surface area (Å²) in [6.07, 6.45) is 0.850. The van der Waals surface area contributed by atoms with Crippen LogP contribution < -0.4 is 20.5 Å². The second kappa shape index (κ2) is 9.47. The van der Waals surface area contributed by atoms with Crippen LogP contribution >= 0.6 is 11.3 Å². The topological polar surface area (TPSA) is 89.6 Å². The number of hydrogen-bond acceptors (Lipinski definition) is 7. The van der Waals surface area contributed by atoms with Gasteiger partial charge in [-0.25, -0.2) is 4.98 Å². The maximum Gasteiger partial charge on any atom is 0.184 e. The van der Waals surface area contributed by atoms with Crippen LogP contribution in [0.25, 0.3) is 10.2 Å². The summed E-state index contributed by atoms with van der Waals surface area (Å²) >= 11 is 1.58. The molecule has 0 bridgehead atoms. The monoisotopic (exact) mass is 421 g/mol. The highest BCUT2D eigenvalue weighted by Crippen LogP contribution is 2.32. The Kier molecular flexibility index (Phi) is 6.32. The van der Waals surface area contributed by atoms with Gasteiger partial charge in [-0.15, -0.1) is 0 Å². The number of hydrogen-bond donors (Lipinski definition) is 3. The Hall–Kier alpha value is -3.29. The van der Waals surface area contributed by atoms with Crippen molar-refractivity contribution < 1.29 is 14.6 Å². The van der Waals surface area contributed by atoms with Crippen molar-refractivity contribution in [3.63, 3.8) is 0 Å². The highest BCUT2D eigenvalue weighted by atomic mass is 32.1. The molecule has 0 amide bonds. The first-order chi connectivity index (χ1) is 14.7. The first kappa shape index (κ1) is 20.0. The summed E-state index contributed by atoms with van der Waals surface area (Å²) in [4.78, 5) is 4.64. The third-order valence-electron chi connectivity index (χ3n) is 4.42. The Morgan fingerprint density at radius 1 is 0.933 bits per heavy atom. The van der Waals surface area contributed by atoms with E-state index in [4.69, 9.17) is 15.2 Å². The van der Waals surface area contributed by atoms with E-state index in [0.29, 0.717) is 25.4 Å². The number of nitrogens with two attached hydrogens (primary N) is 1. The van der Waals surface area contributed by atoms with Crippen molar-refractivity contribution in [2.45, 2.75) is 13.0 Å². The fourth-order valence-electron chi connectivity index (χ4n) is 2.85. The second-order valence-electron chi connectivity index (χ2n) is 6.73. The van der Waals surface area contributed by atoms with Gasteiger partial charge in [-0.3, -0.25) is 0 Å². The second-order valence-corrected chi connectivity index (χ2v) is 7.76. The molecule has 30 heavy (non-hydrogen) atoms. The van der Waals surface area contributed by atoms with Gasteiger partial charge in [0.25, 0.3) is 0 Å². The van der Waals surface area contributed by atoms with E-state index in [9.17, 15) is 5.11 Å². The lowest BCUT2D eigenvalue weighted by Gasteiger charge is -2.07. The normalized spacial score (nSPS) is 10.8. The van der Waals surface area contributed by atoms with Gasteiger partial charge in [0.2, 0.25) is 0 Å². The summed E-state index contributed by atoms with van der Waals surface area (Å²) in [7, 11) is 0. The molecule has 0 atom stereocenters. The van der Waals surface area contributed by atoms with Crippen LogP contribution in [0, 0.1) is 0 Å². The summed E-state index contributed by atoms with van der Waals surface area (Å²) in [6.45, 7) is 1.95. The molecule has 0 radical (unpaired) electrons. The number of fused-ring (bicyclic) bond motifs is 1. The number of phenolic OH excluding ortho intramolecular Hbond substituents is 1. The van der Waals surface area contributed by atoms with Crippen LogP contribution in [0.4, 0.5) is 5.13 Å². The van der Waals surface area contributed by atoms with E-state index in [1.54, 1.807) is 35.6 Å². The van der Waals surface area contributed by atoms with Crippen LogP contribution in [0.5, 0.6) is 23.0 Å². The van der Waals surface area contributed by atoms with Gasteiger partial charge < -0.3 is 25.6 Å². The third kappa shape index (κ3) is 5.20. The van der Waals surface area contributed by atoms with Crippen molar-refractivity contribution >= 4 is 26.7 Å². The molecule has 0 aliphatic carbocycles. The fraction of sp³-hybridized carbons (Fsp3) is 0.174. The van der Waals surface area contributed by atoms with Gasteiger partial charge in [-0.05, 0) is 67.1 Å². The molecule has 0 aliphatic rings. The molecule has 0 saturated carbocycles. The average molecular weight is 422 g/mol. The van der Waals surface area contributed by atoms with E-state index < -0.39 is 0 Å². The zero-order valence-electron chi connectivity index (χ0n) is 16.4. The molecule has 1 heterocycles. The highest BCUT2D eigenvalue weighted by Gasteiger charge is 2.06. The minimum Gasteiger partial charge on any atom is -0.508 e. The molecule has 4 N–H and O–H groups in total. The van der Waals surface area contributed by atoms with Gasteiger partial charge in [0, 0.05) is 12.6 Å². The van der Waals surface area contributed by atoms with E-state index in [-0.39, 0.29) is 5.75 Å². The van der Waals surface area contributed by atoms with Crippen LogP contribution in [0.15, 0.2) is 66.7 Å². The number of rotatable bonds is 9. The van der Waals surface area contributed by atoms with Crippen LogP contribution in [0.1, 0.15) is 12.0 Å². The van der Waals surface area contributed by atoms with Crippen molar-refractivity contribution in [3.8, 4) is 23.0 Å². The molecule has 4 aromatic rings. The smallest absolute Gasteiger partial charge is 0.184 e. The number of nitrogens with zero attached hydrogens (tertiary/aromatic N) is 1. The molecule has 7 heteroatoms. The maximum absolute atomic E-state index is 9.38. The minimum atomic E-state index is 0.213. The first-order valence-electron chi connectivity index (χ1n) is 9.73. The Balaban J connectivity index is 1.37. The van der Waals surface area contributed by atoms with E-state index in [1.807, 2.05) is 42.5 Å². The Morgan fingerprint density at radius 2 is 1.67 bits per heavy atom. The Morgan fingerprint density at radius 3 is 2.43 bits per heavy atom. The molecule has 0 saturated heterocycles. The molecule has 154 valence electrons. The third-order valence-corrected chi connectivity index (χ3v) is 5.39. The number of benzene rings is 3. The largest absolute Gasteiger partial charge is 0.508 e. The van der Waals surface area contributed by atoms with Crippen molar-refractivity contribution in [1.29, 1.82) is 0 Å². The van der Waals surface area contributed by atoms with Crippen molar-refractivity contribution in [2.75, 3.05) is 18.5 Å². The SMILES string of the molecule is NCCCOc1ccc(CNc2nc3ccc(Oc4ccc(O)cc4)cc3s2)cc1. The molecular formula is C23H23N3O3S. The van der Waals surface area contributed by atoms with Crippen molar-refractivity contribution in [1.82, 2.24) is 4.98 Å². The van der Waals surface area contributed by atoms with Gasteiger partial charge in [0.1, 0.15) is 23.0 Å². The zero-order valence-corrected chi connectivity index (χ0v) is 17.2. The Bertz CT molecular complexity index is 1100. The summed E-state index contributed by atoms with van der Waals surface area (Å²) in [5.41, 5.74) is 7.55. The summed E-state index contributed by atoms with van der Waals surface area (Å²) in [6, 6.07) is 20.5. The molecule has 0 spiro atoms. The summed E-state index contributed by atoms with van der Waals surface area (Å²) < 4.78 is 12.5. The van der Waals surface area contributed by atoms with Gasteiger partial charge >= 0.3 is 0 Å². The summed E-state index contributed by atoms with van der Waals surface area (Å²) in [5.74, 6) is 2.47. The fourth-order valence-corrected chi connectivity index (χ4v) is 3.74. The number of aromatic hydroxyl groups is 1. The zero-order chi connectivity index (χ0) is 20.8. The van der Waals surface area contributed by atoms with Crippen molar-refractivity contribution in [2.24, 2.45) is 5.73 Å². The van der Waals surface area contributed by atoms with Crippen LogP contribution in [0.3, 0.4) is 0 Å². The molecule has 1 aromatic heterocycles. The minimum absolute atomic E-state index is 0.213. The van der Waals surface area contributed by atoms with Crippen LogP contribution in [-0.4, -0.2) is 23.2 Å². The predicted octanol–water partition coefficient (Wildman–Crippen LogP) is 5.13. The number of thiazole rings is 1. The lowest BCUT2D eigenvalue weighted by atomic mass is 10.2. The van der Waals surface area contributed by atoms with E-state index in [0.717, 1.165) is 38.8 Å². The molecule has 4 rings (SSSR count). The number of phenols is 1. The number of ether oxygens (including phenoxy) is 2. The van der Waals surface area contributed by atoms with E-state index in [2.05, 4.69) is 10.3 Å². The molecule has 6 nitrogen and oxygen atoms in total. The quantitative estimate of drug-likeness (QED) is 0.325. The van der Waals surface area contributed by atoms with Gasteiger partial charge in [-0.1, -0.05) is 23.5 Å². The predicted molar refractivity (Wildman–Crippen MR) is 121 cm³/mol. The standard InChI is InChI=1S/C23H23N3O3S/c24-12-1-13-28-18-6-2-16(3-7-18)15-25-23-26-21-11-10-20(14-22(21)30-23)29-19-8-4-17(27)5-9-19/h2-11,14,27H,1,12-13,15,24H2,(H,25,26). The molecule has 3 aromatic carbocycles. The van der Waals surface area contributed by atoms with Gasteiger partial charge in [0.15, 0.2) is 5.13 Å². The molecule has 0 unspecified atom stereocenters. The molecule has 0 aliphatic heterocycles.